The number of rotatable bonds is 8. The van der Waals surface area contributed by atoms with Gasteiger partial charge in [0.05, 0.1) is 11.3 Å². The molecule has 0 aliphatic carbocycles. The van der Waals surface area contributed by atoms with Crippen LogP contribution < -0.4 is 15.0 Å². The van der Waals surface area contributed by atoms with Crippen LogP contribution in [0.25, 0.3) is 0 Å². The molecule has 0 heterocycles. The lowest BCUT2D eigenvalue weighted by molar-refractivity contribution is -0.124. The molecular formula is C26H28N2O3. The number of benzene rings is 3. The van der Waals surface area contributed by atoms with E-state index in [0.717, 1.165) is 12.0 Å². The molecule has 0 aromatic heterocycles. The molecule has 0 spiro atoms. The maximum absolute atomic E-state index is 13.0. The summed E-state index contributed by atoms with van der Waals surface area (Å²) in [5.41, 5.74) is 3.19. The Morgan fingerprint density at radius 2 is 1.55 bits per heavy atom. The van der Waals surface area contributed by atoms with Crippen molar-refractivity contribution in [2.24, 2.45) is 0 Å². The van der Waals surface area contributed by atoms with Crippen molar-refractivity contribution in [2.75, 3.05) is 11.9 Å². The highest BCUT2D eigenvalue weighted by atomic mass is 16.5. The number of hydrogen-bond acceptors (Lipinski definition) is 3. The number of carbonyl (C=O) groups is 2. The predicted octanol–water partition coefficient (Wildman–Crippen LogP) is 4.61. The average Bonchev–Trinajstić information content (AvgIpc) is 2.82. The van der Waals surface area contributed by atoms with Crippen LogP contribution in [0.1, 0.15) is 35.3 Å². The number of carbonyl (C=O) groups excluding carboxylic acids is 2. The smallest absolute Gasteiger partial charge is 0.267 e. The molecule has 0 bridgehead atoms. The quantitative estimate of drug-likeness (QED) is 0.583. The lowest BCUT2D eigenvalue weighted by Crippen LogP contribution is -2.39. The highest BCUT2D eigenvalue weighted by molar-refractivity contribution is 6.05. The third-order valence-corrected chi connectivity index (χ3v) is 5.13. The molecule has 160 valence electrons. The summed E-state index contributed by atoms with van der Waals surface area (Å²) in [6, 6.07) is 24.5. The molecule has 31 heavy (non-hydrogen) atoms. The van der Waals surface area contributed by atoms with E-state index in [1.807, 2.05) is 60.7 Å². The number of amides is 2. The number of para-hydroxylation sites is 1. The molecule has 0 fully saturated rings. The number of ether oxygens (including phenoxy) is 1. The summed E-state index contributed by atoms with van der Waals surface area (Å²) in [7, 11) is 1.66. The van der Waals surface area contributed by atoms with Gasteiger partial charge in [0.2, 0.25) is 0 Å². The third-order valence-electron chi connectivity index (χ3n) is 5.13. The molecule has 1 atom stereocenters. The number of hydrogen-bond donors (Lipinski definition) is 1. The maximum Gasteiger partial charge on any atom is 0.267 e. The normalized spacial score (nSPS) is 11.5. The molecular weight excluding hydrogens is 388 g/mol. The van der Waals surface area contributed by atoms with E-state index in [0.29, 0.717) is 23.5 Å². The summed E-state index contributed by atoms with van der Waals surface area (Å²) in [5.74, 6) is 0.172. The molecule has 0 saturated carbocycles. The SMILES string of the molecule is CCc1ccc(OC(C)C(=O)N(C)c2ccccc2C(=O)NCc2ccccc2)cc1. The zero-order valence-electron chi connectivity index (χ0n) is 18.2. The molecule has 2 amide bonds. The molecule has 0 aliphatic rings. The molecule has 1 unspecified atom stereocenters. The fourth-order valence-corrected chi connectivity index (χ4v) is 3.28. The Bertz CT molecular complexity index is 1020. The van der Waals surface area contributed by atoms with Crippen molar-refractivity contribution in [3.8, 4) is 5.75 Å². The first-order valence-corrected chi connectivity index (χ1v) is 10.4. The van der Waals surface area contributed by atoms with Crippen LogP contribution in [0.3, 0.4) is 0 Å². The summed E-state index contributed by atoms with van der Waals surface area (Å²) in [6.07, 6.45) is 0.249. The van der Waals surface area contributed by atoms with Gasteiger partial charge >= 0.3 is 0 Å². The zero-order valence-corrected chi connectivity index (χ0v) is 18.2. The standard InChI is InChI=1S/C26H28N2O3/c1-4-20-14-16-22(17-15-20)31-19(2)26(30)28(3)24-13-9-8-12-23(24)25(29)27-18-21-10-6-5-7-11-21/h5-17,19H,4,18H2,1-3H3,(H,27,29). The highest BCUT2D eigenvalue weighted by Crippen LogP contribution is 2.22. The fraction of sp³-hybridized carbons (Fsp3) is 0.231. The van der Waals surface area contributed by atoms with Crippen LogP contribution in [0.2, 0.25) is 0 Å². The second-order valence-electron chi connectivity index (χ2n) is 7.34. The predicted molar refractivity (Wildman–Crippen MR) is 123 cm³/mol. The van der Waals surface area contributed by atoms with Crippen molar-refractivity contribution in [3.63, 3.8) is 0 Å². The van der Waals surface area contributed by atoms with Crippen LogP contribution in [0, 0.1) is 0 Å². The molecule has 3 rings (SSSR count). The second kappa shape index (κ2) is 10.4. The van der Waals surface area contributed by atoms with E-state index in [1.54, 1.807) is 32.2 Å². The van der Waals surface area contributed by atoms with Gasteiger partial charge < -0.3 is 15.0 Å². The third kappa shape index (κ3) is 5.72. The molecule has 0 radical (unpaired) electrons. The Morgan fingerprint density at radius 1 is 0.903 bits per heavy atom. The first-order valence-electron chi connectivity index (χ1n) is 10.4. The average molecular weight is 417 g/mol. The number of nitrogens with one attached hydrogen (secondary N) is 1. The van der Waals surface area contributed by atoms with E-state index in [2.05, 4.69) is 12.2 Å². The van der Waals surface area contributed by atoms with E-state index in [4.69, 9.17) is 4.74 Å². The molecule has 1 N–H and O–H groups in total. The Kier molecular flexibility index (Phi) is 7.44. The van der Waals surface area contributed by atoms with E-state index in [1.165, 1.54) is 10.5 Å². The van der Waals surface area contributed by atoms with Crippen LogP contribution in [0.5, 0.6) is 5.75 Å². The van der Waals surface area contributed by atoms with Crippen molar-refractivity contribution in [1.82, 2.24) is 5.32 Å². The lowest BCUT2D eigenvalue weighted by atomic mass is 10.1. The van der Waals surface area contributed by atoms with Crippen LogP contribution in [0.4, 0.5) is 5.69 Å². The Morgan fingerprint density at radius 3 is 2.23 bits per heavy atom. The van der Waals surface area contributed by atoms with E-state index in [9.17, 15) is 9.59 Å². The summed E-state index contributed by atoms with van der Waals surface area (Å²) in [5, 5.41) is 2.92. The van der Waals surface area contributed by atoms with Gasteiger partial charge in [-0.1, -0.05) is 61.5 Å². The van der Waals surface area contributed by atoms with Crippen molar-refractivity contribution >= 4 is 17.5 Å². The summed E-state index contributed by atoms with van der Waals surface area (Å²) < 4.78 is 5.83. The minimum Gasteiger partial charge on any atom is -0.481 e. The van der Waals surface area contributed by atoms with Crippen LogP contribution in [0.15, 0.2) is 78.9 Å². The fourth-order valence-electron chi connectivity index (χ4n) is 3.28. The largest absolute Gasteiger partial charge is 0.481 e. The van der Waals surface area contributed by atoms with Gasteiger partial charge in [-0.2, -0.15) is 0 Å². The molecule has 5 nitrogen and oxygen atoms in total. The van der Waals surface area contributed by atoms with Crippen LogP contribution >= 0.6 is 0 Å². The van der Waals surface area contributed by atoms with Gasteiger partial charge in [0, 0.05) is 13.6 Å². The van der Waals surface area contributed by atoms with Gasteiger partial charge in [-0.05, 0) is 48.7 Å². The summed E-state index contributed by atoms with van der Waals surface area (Å²) in [4.78, 5) is 27.3. The number of likely N-dealkylation sites (N-methyl/N-ethyl adjacent to an activating group) is 1. The van der Waals surface area contributed by atoms with Gasteiger partial charge in [0.25, 0.3) is 11.8 Å². The number of aryl methyl sites for hydroxylation is 1. The summed E-state index contributed by atoms with van der Waals surface area (Å²) in [6.45, 7) is 4.22. The topological polar surface area (TPSA) is 58.6 Å². The van der Waals surface area contributed by atoms with Crippen molar-refractivity contribution in [2.45, 2.75) is 32.9 Å². The summed E-state index contributed by atoms with van der Waals surface area (Å²) >= 11 is 0. The minimum absolute atomic E-state index is 0.233. The zero-order chi connectivity index (χ0) is 22.2. The van der Waals surface area contributed by atoms with E-state index < -0.39 is 6.10 Å². The number of anilines is 1. The molecule has 3 aromatic rings. The van der Waals surface area contributed by atoms with Crippen molar-refractivity contribution in [1.29, 1.82) is 0 Å². The number of nitrogens with zero attached hydrogens (tertiary/aromatic N) is 1. The van der Waals surface area contributed by atoms with Gasteiger partial charge in [-0.15, -0.1) is 0 Å². The molecule has 0 saturated heterocycles. The van der Waals surface area contributed by atoms with E-state index in [-0.39, 0.29) is 11.8 Å². The van der Waals surface area contributed by atoms with Crippen LogP contribution in [-0.2, 0) is 17.8 Å². The van der Waals surface area contributed by atoms with Crippen molar-refractivity contribution < 1.29 is 14.3 Å². The molecule has 3 aromatic carbocycles. The first-order chi connectivity index (χ1) is 15.0. The molecule has 0 aliphatic heterocycles. The monoisotopic (exact) mass is 416 g/mol. The Labute approximate surface area is 183 Å². The van der Waals surface area contributed by atoms with Gasteiger partial charge in [-0.3, -0.25) is 9.59 Å². The van der Waals surface area contributed by atoms with Crippen molar-refractivity contribution in [3.05, 3.63) is 95.6 Å². The van der Waals surface area contributed by atoms with E-state index >= 15 is 0 Å². The Hall–Kier alpha value is -3.60. The van der Waals surface area contributed by atoms with Gasteiger partial charge in [0.15, 0.2) is 6.10 Å². The van der Waals surface area contributed by atoms with Gasteiger partial charge in [0.1, 0.15) is 5.75 Å². The van der Waals surface area contributed by atoms with Gasteiger partial charge in [-0.25, -0.2) is 0 Å². The van der Waals surface area contributed by atoms with Crippen LogP contribution in [-0.4, -0.2) is 25.0 Å². The maximum atomic E-state index is 13.0. The minimum atomic E-state index is -0.696. The lowest BCUT2D eigenvalue weighted by Gasteiger charge is -2.24. The molecule has 5 heteroatoms. The first kappa shape index (κ1) is 22.1. The Balaban J connectivity index is 1.69. The second-order valence-corrected chi connectivity index (χ2v) is 7.34. The highest BCUT2D eigenvalue weighted by Gasteiger charge is 2.24.